The lowest BCUT2D eigenvalue weighted by Gasteiger charge is -2.05. The number of benzene rings is 2. The second-order valence-electron chi connectivity index (χ2n) is 5.90. The highest BCUT2D eigenvalue weighted by atomic mass is 16.6. The van der Waals surface area contributed by atoms with Crippen molar-refractivity contribution in [2.45, 2.75) is 13.0 Å². The van der Waals surface area contributed by atoms with E-state index in [0.29, 0.717) is 5.56 Å². The van der Waals surface area contributed by atoms with E-state index in [0.717, 1.165) is 5.56 Å². The molecule has 1 amide bonds. The Bertz CT molecular complexity index is 1000. The Morgan fingerprint density at radius 3 is 2.48 bits per heavy atom. The smallest absolute Gasteiger partial charge is 0.325 e. The predicted octanol–water partition coefficient (Wildman–Crippen LogP) is 2.05. The van der Waals surface area contributed by atoms with Crippen LogP contribution >= 0.6 is 0 Å². The normalized spacial score (nSPS) is 10.3. The van der Waals surface area contributed by atoms with E-state index in [4.69, 9.17) is 9.15 Å². The third-order valence-corrected chi connectivity index (χ3v) is 3.79. The fourth-order valence-electron chi connectivity index (χ4n) is 2.36. The number of non-ortho nitro benzene ring substituents is 1. The molecule has 3 aromatic rings. The van der Waals surface area contributed by atoms with Crippen LogP contribution in [0.4, 0.5) is 5.69 Å². The number of aromatic nitrogens is 2. The van der Waals surface area contributed by atoms with Crippen LogP contribution in [0.3, 0.4) is 0 Å². The SMILES string of the molecule is O=C(Cc1ccccc1)NCC(=O)OCc1nnc(-c2ccc([N+](=O)[O-])cc2)o1. The van der Waals surface area contributed by atoms with Crippen LogP contribution < -0.4 is 5.32 Å². The number of carbonyl (C=O) groups is 2. The van der Waals surface area contributed by atoms with Crippen LogP contribution in [0.2, 0.25) is 0 Å². The molecular formula is C19H16N4O6. The molecule has 1 N–H and O–H groups in total. The Hall–Kier alpha value is -4.08. The number of nitrogens with zero attached hydrogens (tertiary/aromatic N) is 3. The first-order valence-electron chi connectivity index (χ1n) is 8.55. The lowest BCUT2D eigenvalue weighted by atomic mass is 10.1. The number of nitrogens with one attached hydrogen (secondary N) is 1. The molecule has 0 aliphatic heterocycles. The molecule has 0 aliphatic rings. The highest BCUT2D eigenvalue weighted by Crippen LogP contribution is 2.21. The van der Waals surface area contributed by atoms with Crippen molar-refractivity contribution >= 4 is 17.6 Å². The van der Waals surface area contributed by atoms with Crippen molar-refractivity contribution in [1.29, 1.82) is 0 Å². The molecule has 2 aromatic carbocycles. The van der Waals surface area contributed by atoms with Crippen LogP contribution in [0.25, 0.3) is 11.5 Å². The van der Waals surface area contributed by atoms with Gasteiger partial charge in [-0.1, -0.05) is 30.3 Å². The highest BCUT2D eigenvalue weighted by molar-refractivity contribution is 5.83. The topological polar surface area (TPSA) is 137 Å². The molecule has 0 fully saturated rings. The Morgan fingerprint density at radius 2 is 1.79 bits per heavy atom. The number of hydrogen-bond acceptors (Lipinski definition) is 8. The fourth-order valence-corrected chi connectivity index (χ4v) is 2.36. The average Bonchev–Trinajstić information content (AvgIpc) is 3.20. The quantitative estimate of drug-likeness (QED) is 0.347. The summed E-state index contributed by atoms with van der Waals surface area (Å²) in [6, 6.07) is 14.7. The fraction of sp³-hybridized carbons (Fsp3) is 0.158. The van der Waals surface area contributed by atoms with Crippen molar-refractivity contribution < 1.29 is 23.7 Å². The number of ether oxygens (including phenoxy) is 1. The van der Waals surface area contributed by atoms with Gasteiger partial charge in [0.1, 0.15) is 6.54 Å². The maximum Gasteiger partial charge on any atom is 0.325 e. The van der Waals surface area contributed by atoms with Gasteiger partial charge in [0.05, 0.1) is 11.3 Å². The molecule has 0 unspecified atom stereocenters. The zero-order valence-corrected chi connectivity index (χ0v) is 15.1. The van der Waals surface area contributed by atoms with Gasteiger partial charge in [0.2, 0.25) is 11.8 Å². The van der Waals surface area contributed by atoms with E-state index in [9.17, 15) is 19.7 Å². The van der Waals surface area contributed by atoms with Gasteiger partial charge in [-0.2, -0.15) is 0 Å². The summed E-state index contributed by atoms with van der Waals surface area (Å²) < 4.78 is 10.4. The molecule has 10 heteroatoms. The van der Waals surface area contributed by atoms with Gasteiger partial charge < -0.3 is 14.5 Å². The number of rotatable bonds is 8. The lowest BCUT2D eigenvalue weighted by molar-refractivity contribution is -0.384. The molecule has 3 rings (SSSR count). The van der Waals surface area contributed by atoms with E-state index < -0.39 is 10.9 Å². The Labute approximate surface area is 164 Å². The van der Waals surface area contributed by atoms with Crippen molar-refractivity contribution in [3.63, 3.8) is 0 Å². The van der Waals surface area contributed by atoms with Crippen molar-refractivity contribution in [2.24, 2.45) is 0 Å². The minimum absolute atomic E-state index is 0.0577. The number of nitro groups is 1. The largest absolute Gasteiger partial charge is 0.454 e. The second-order valence-corrected chi connectivity index (χ2v) is 5.90. The van der Waals surface area contributed by atoms with Gasteiger partial charge in [-0.15, -0.1) is 10.2 Å². The van der Waals surface area contributed by atoms with Crippen molar-refractivity contribution in [3.05, 3.63) is 76.2 Å². The van der Waals surface area contributed by atoms with E-state index in [1.807, 2.05) is 30.3 Å². The van der Waals surface area contributed by atoms with Crippen LogP contribution in [0.5, 0.6) is 0 Å². The van der Waals surface area contributed by atoms with Gasteiger partial charge in [-0.25, -0.2) is 0 Å². The molecule has 0 saturated heterocycles. The third-order valence-electron chi connectivity index (χ3n) is 3.79. The summed E-state index contributed by atoms with van der Waals surface area (Å²) in [7, 11) is 0. The van der Waals surface area contributed by atoms with Gasteiger partial charge in [0, 0.05) is 17.7 Å². The number of esters is 1. The number of carbonyl (C=O) groups excluding carboxylic acids is 2. The molecular weight excluding hydrogens is 380 g/mol. The molecule has 148 valence electrons. The first-order chi connectivity index (χ1) is 14.0. The Morgan fingerprint density at radius 1 is 1.07 bits per heavy atom. The van der Waals surface area contributed by atoms with Gasteiger partial charge in [-0.3, -0.25) is 19.7 Å². The van der Waals surface area contributed by atoms with Crippen LogP contribution in [0.15, 0.2) is 59.0 Å². The van der Waals surface area contributed by atoms with Crippen molar-refractivity contribution in [2.75, 3.05) is 6.54 Å². The monoisotopic (exact) mass is 396 g/mol. The van der Waals surface area contributed by atoms with Crippen LogP contribution in [0.1, 0.15) is 11.5 Å². The number of nitro benzene ring substituents is 1. The molecule has 0 spiro atoms. The summed E-state index contributed by atoms with van der Waals surface area (Å²) in [5, 5.41) is 20.7. The molecule has 0 aliphatic carbocycles. The summed E-state index contributed by atoms with van der Waals surface area (Å²) >= 11 is 0. The molecule has 0 saturated carbocycles. The predicted molar refractivity (Wildman–Crippen MR) is 99.3 cm³/mol. The Kier molecular flexibility index (Phi) is 6.25. The van der Waals surface area contributed by atoms with E-state index in [2.05, 4.69) is 15.5 Å². The van der Waals surface area contributed by atoms with E-state index in [1.54, 1.807) is 0 Å². The second kappa shape index (κ2) is 9.22. The lowest BCUT2D eigenvalue weighted by Crippen LogP contribution is -2.31. The minimum Gasteiger partial charge on any atom is -0.454 e. The maximum absolute atomic E-state index is 11.8. The van der Waals surface area contributed by atoms with Crippen molar-refractivity contribution in [3.8, 4) is 11.5 Å². The summed E-state index contributed by atoms with van der Waals surface area (Å²) in [5.74, 6) is -0.752. The molecule has 0 atom stereocenters. The van der Waals surface area contributed by atoms with E-state index in [-0.39, 0.29) is 42.9 Å². The zero-order valence-electron chi connectivity index (χ0n) is 15.1. The van der Waals surface area contributed by atoms with Gasteiger partial charge in [-0.05, 0) is 17.7 Å². The van der Waals surface area contributed by atoms with E-state index in [1.165, 1.54) is 24.3 Å². The molecule has 29 heavy (non-hydrogen) atoms. The molecule has 10 nitrogen and oxygen atoms in total. The summed E-state index contributed by atoms with van der Waals surface area (Å²) in [6.07, 6.45) is 0.163. The van der Waals surface area contributed by atoms with Crippen molar-refractivity contribution in [1.82, 2.24) is 15.5 Å². The first kappa shape index (κ1) is 19.7. The highest BCUT2D eigenvalue weighted by Gasteiger charge is 2.13. The van der Waals surface area contributed by atoms with Gasteiger partial charge >= 0.3 is 5.97 Å². The summed E-state index contributed by atoms with van der Waals surface area (Å²) in [4.78, 5) is 33.7. The summed E-state index contributed by atoms with van der Waals surface area (Å²) in [5.41, 5.74) is 1.27. The molecule has 0 radical (unpaired) electrons. The van der Waals surface area contributed by atoms with Gasteiger partial charge in [0.15, 0.2) is 6.61 Å². The molecule has 1 aromatic heterocycles. The summed E-state index contributed by atoms with van der Waals surface area (Å²) in [6.45, 7) is -0.539. The van der Waals surface area contributed by atoms with Crippen LogP contribution in [-0.2, 0) is 27.4 Å². The first-order valence-corrected chi connectivity index (χ1v) is 8.55. The zero-order chi connectivity index (χ0) is 20.6. The standard InChI is InChI=1S/C19H16N4O6/c24-16(10-13-4-2-1-3-5-13)20-11-18(25)28-12-17-21-22-19(29-17)14-6-8-15(9-7-14)23(26)27/h1-9H,10-12H2,(H,20,24). The van der Waals surface area contributed by atoms with Gasteiger partial charge in [0.25, 0.3) is 11.6 Å². The third kappa shape index (κ3) is 5.70. The molecule has 0 bridgehead atoms. The number of amides is 1. The van der Waals surface area contributed by atoms with Crippen LogP contribution in [0, 0.1) is 10.1 Å². The molecule has 1 heterocycles. The van der Waals surface area contributed by atoms with Crippen LogP contribution in [-0.4, -0.2) is 33.5 Å². The Balaban J connectivity index is 1.44. The maximum atomic E-state index is 11.8. The average molecular weight is 396 g/mol. The van der Waals surface area contributed by atoms with E-state index >= 15 is 0 Å². The number of hydrogen-bond donors (Lipinski definition) is 1. The minimum atomic E-state index is -0.651.